The monoisotopic (exact) mass is 317 g/mol. The van der Waals surface area contributed by atoms with Gasteiger partial charge in [-0.2, -0.15) is 0 Å². The maximum Gasteiger partial charge on any atom is 0.256 e. The van der Waals surface area contributed by atoms with Gasteiger partial charge in [0, 0.05) is 11.1 Å². The molecule has 120 valence electrons. The van der Waals surface area contributed by atoms with Crippen molar-refractivity contribution < 1.29 is 4.79 Å². The first kappa shape index (κ1) is 15.9. The first-order valence-electron chi connectivity index (χ1n) is 7.81. The summed E-state index contributed by atoms with van der Waals surface area (Å²) in [6, 6.07) is 13.8. The zero-order chi connectivity index (χ0) is 17.1. The molecule has 4 heteroatoms. The molecule has 0 unspecified atom stereocenters. The third-order valence-electron chi connectivity index (χ3n) is 3.85. The van der Waals surface area contributed by atoms with Gasteiger partial charge in [0.15, 0.2) is 5.82 Å². The molecule has 0 bridgehead atoms. The molecule has 1 N–H and O–H groups in total. The molecule has 0 saturated carbocycles. The van der Waals surface area contributed by atoms with E-state index in [-0.39, 0.29) is 5.91 Å². The van der Waals surface area contributed by atoms with Gasteiger partial charge >= 0.3 is 0 Å². The van der Waals surface area contributed by atoms with Crippen LogP contribution < -0.4 is 5.32 Å². The molecule has 4 nitrogen and oxygen atoms in total. The highest BCUT2D eigenvalue weighted by atomic mass is 16.1. The summed E-state index contributed by atoms with van der Waals surface area (Å²) in [6.07, 6.45) is 3.26. The fourth-order valence-corrected chi connectivity index (χ4v) is 2.86. The molecule has 3 rings (SSSR count). The van der Waals surface area contributed by atoms with Gasteiger partial charge in [-0.25, -0.2) is 9.97 Å². The number of rotatable bonds is 3. The van der Waals surface area contributed by atoms with Crippen LogP contribution in [0.4, 0.5) is 5.69 Å². The second-order valence-corrected chi connectivity index (χ2v) is 5.89. The largest absolute Gasteiger partial charge is 0.319 e. The molecule has 24 heavy (non-hydrogen) atoms. The van der Waals surface area contributed by atoms with Gasteiger partial charge in [0.25, 0.3) is 5.91 Å². The van der Waals surface area contributed by atoms with Crippen molar-refractivity contribution in [2.45, 2.75) is 20.8 Å². The standard InChI is InChI=1S/C20H19N3O/c1-13-9-14(2)18(15(3)10-13)20(24)23-17-11-21-19(22-12-17)16-7-5-4-6-8-16/h4-12H,1-3H3,(H,23,24). The fourth-order valence-electron chi connectivity index (χ4n) is 2.86. The van der Waals surface area contributed by atoms with Crippen molar-refractivity contribution in [1.82, 2.24) is 9.97 Å². The van der Waals surface area contributed by atoms with E-state index >= 15 is 0 Å². The smallest absolute Gasteiger partial charge is 0.256 e. The summed E-state index contributed by atoms with van der Waals surface area (Å²) in [4.78, 5) is 21.2. The molecule has 0 aliphatic heterocycles. The summed E-state index contributed by atoms with van der Waals surface area (Å²) < 4.78 is 0. The van der Waals surface area contributed by atoms with Gasteiger partial charge in [0.2, 0.25) is 0 Å². The average molecular weight is 317 g/mol. The lowest BCUT2D eigenvalue weighted by Gasteiger charge is -2.11. The van der Waals surface area contributed by atoms with Crippen LogP contribution in [0.1, 0.15) is 27.0 Å². The first-order valence-corrected chi connectivity index (χ1v) is 7.81. The Morgan fingerprint density at radius 2 is 1.50 bits per heavy atom. The lowest BCUT2D eigenvalue weighted by atomic mass is 9.99. The minimum atomic E-state index is -0.138. The Morgan fingerprint density at radius 1 is 0.917 bits per heavy atom. The zero-order valence-corrected chi connectivity index (χ0v) is 14.0. The zero-order valence-electron chi connectivity index (χ0n) is 14.0. The van der Waals surface area contributed by atoms with E-state index in [2.05, 4.69) is 15.3 Å². The lowest BCUT2D eigenvalue weighted by molar-refractivity contribution is 0.102. The number of carbonyl (C=O) groups excluding carboxylic acids is 1. The molecule has 1 heterocycles. The number of nitrogens with one attached hydrogen (secondary N) is 1. The van der Waals surface area contributed by atoms with Crippen LogP contribution in [0.2, 0.25) is 0 Å². The molecule has 0 fully saturated rings. The number of aromatic nitrogens is 2. The van der Waals surface area contributed by atoms with E-state index in [1.165, 1.54) is 0 Å². The average Bonchev–Trinajstić information content (AvgIpc) is 2.55. The minimum Gasteiger partial charge on any atom is -0.319 e. The molecule has 0 spiro atoms. The molecular formula is C20H19N3O. The number of aryl methyl sites for hydroxylation is 3. The van der Waals surface area contributed by atoms with Crippen LogP contribution in [-0.2, 0) is 0 Å². The van der Waals surface area contributed by atoms with Crippen LogP contribution in [-0.4, -0.2) is 15.9 Å². The highest BCUT2D eigenvalue weighted by Crippen LogP contribution is 2.19. The number of benzene rings is 2. The van der Waals surface area contributed by atoms with E-state index in [1.807, 2.05) is 63.2 Å². The van der Waals surface area contributed by atoms with Gasteiger partial charge in [-0.15, -0.1) is 0 Å². The van der Waals surface area contributed by atoms with Gasteiger partial charge in [-0.05, 0) is 31.9 Å². The van der Waals surface area contributed by atoms with Crippen LogP contribution in [0, 0.1) is 20.8 Å². The highest BCUT2D eigenvalue weighted by molar-refractivity contribution is 6.06. The third kappa shape index (κ3) is 3.33. The molecular weight excluding hydrogens is 298 g/mol. The van der Waals surface area contributed by atoms with Gasteiger partial charge in [0.1, 0.15) is 0 Å². The summed E-state index contributed by atoms with van der Waals surface area (Å²) in [7, 11) is 0. The van der Waals surface area contributed by atoms with Crippen LogP contribution in [0.5, 0.6) is 0 Å². The molecule has 3 aromatic rings. The number of anilines is 1. The van der Waals surface area contributed by atoms with Crippen LogP contribution in [0.15, 0.2) is 54.9 Å². The summed E-state index contributed by atoms with van der Waals surface area (Å²) in [5, 5.41) is 2.87. The Kier molecular flexibility index (Phi) is 4.38. The normalized spacial score (nSPS) is 10.5. The van der Waals surface area contributed by atoms with Gasteiger partial charge < -0.3 is 5.32 Å². The molecule has 0 aliphatic carbocycles. The Labute approximate surface area is 141 Å². The first-order chi connectivity index (χ1) is 11.5. The molecule has 1 aromatic heterocycles. The van der Waals surface area contributed by atoms with Gasteiger partial charge in [0.05, 0.1) is 18.1 Å². The van der Waals surface area contributed by atoms with E-state index in [1.54, 1.807) is 12.4 Å². The number of amides is 1. The van der Waals surface area contributed by atoms with Crippen molar-refractivity contribution in [3.63, 3.8) is 0 Å². The Balaban J connectivity index is 1.81. The number of nitrogens with zero attached hydrogens (tertiary/aromatic N) is 2. The highest BCUT2D eigenvalue weighted by Gasteiger charge is 2.13. The number of carbonyl (C=O) groups is 1. The molecule has 0 saturated heterocycles. The number of hydrogen-bond donors (Lipinski definition) is 1. The topological polar surface area (TPSA) is 54.9 Å². The fraction of sp³-hybridized carbons (Fsp3) is 0.150. The van der Waals surface area contributed by atoms with E-state index < -0.39 is 0 Å². The number of hydrogen-bond acceptors (Lipinski definition) is 3. The molecule has 0 aliphatic rings. The predicted molar refractivity (Wildman–Crippen MR) is 96.1 cm³/mol. The Hall–Kier alpha value is -3.01. The van der Waals surface area contributed by atoms with Crippen molar-refractivity contribution in [3.8, 4) is 11.4 Å². The lowest BCUT2D eigenvalue weighted by Crippen LogP contribution is -2.15. The molecule has 1 amide bonds. The third-order valence-corrected chi connectivity index (χ3v) is 3.85. The predicted octanol–water partition coefficient (Wildman–Crippen LogP) is 4.32. The van der Waals surface area contributed by atoms with Gasteiger partial charge in [-0.3, -0.25) is 4.79 Å². The SMILES string of the molecule is Cc1cc(C)c(C(=O)Nc2cnc(-c3ccccc3)nc2)c(C)c1. The summed E-state index contributed by atoms with van der Waals surface area (Å²) in [5.41, 5.74) is 5.31. The van der Waals surface area contributed by atoms with E-state index in [9.17, 15) is 4.79 Å². The molecule has 0 radical (unpaired) electrons. The maximum absolute atomic E-state index is 12.6. The van der Waals surface area contributed by atoms with Crippen molar-refractivity contribution in [2.24, 2.45) is 0 Å². The minimum absolute atomic E-state index is 0.138. The molecule has 0 atom stereocenters. The second-order valence-electron chi connectivity index (χ2n) is 5.89. The second kappa shape index (κ2) is 6.62. The summed E-state index contributed by atoms with van der Waals surface area (Å²) in [6.45, 7) is 5.92. The van der Waals surface area contributed by atoms with Crippen LogP contribution >= 0.6 is 0 Å². The van der Waals surface area contributed by atoms with Crippen molar-refractivity contribution in [3.05, 3.63) is 77.1 Å². The van der Waals surface area contributed by atoms with E-state index in [4.69, 9.17) is 0 Å². The van der Waals surface area contributed by atoms with Crippen molar-refractivity contribution in [1.29, 1.82) is 0 Å². The Morgan fingerprint density at radius 3 is 2.08 bits per heavy atom. The van der Waals surface area contributed by atoms with Crippen molar-refractivity contribution in [2.75, 3.05) is 5.32 Å². The van der Waals surface area contributed by atoms with Gasteiger partial charge in [-0.1, -0.05) is 48.0 Å². The quantitative estimate of drug-likeness (QED) is 0.782. The summed E-state index contributed by atoms with van der Waals surface area (Å²) >= 11 is 0. The summed E-state index contributed by atoms with van der Waals surface area (Å²) in [5.74, 6) is 0.498. The van der Waals surface area contributed by atoms with Crippen molar-refractivity contribution >= 4 is 11.6 Å². The molecule has 2 aromatic carbocycles. The van der Waals surface area contributed by atoms with Crippen LogP contribution in [0.25, 0.3) is 11.4 Å². The van der Waals surface area contributed by atoms with Crippen LogP contribution in [0.3, 0.4) is 0 Å². The maximum atomic E-state index is 12.6. The van der Waals surface area contributed by atoms with E-state index in [0.29, 0.717) is 17.1 Å². The van der Waals surface area contributed by atoms with E-state index in [0.717, 1.165) is 22.3 Å². The Bertz CT molecular complexity index is 848.